The predicted molar refractivity (Wildman–Crippen MR) is 83.4 cm³/mol. The van der Waals surface area contributed by atoms with Gasteiger partial charge in [0.25, 0.3) is 5.72 Å². The molecule has 1 aliphatic rings. The lowest BCUT2D eigenvalue weighted by atomic mass is 10.0. The maximum absolute atomic E-state index is 13.3. The van der Waals surface area contributed by atoms with E-state index in [1.165, 1.54) is 26.4 Å². The summed E-state index contributed by atoms with van der Waals surface area (Å²) in [6.45, 7) is 1.61. The van der Waals surface area contributed by atoms with Crippen LogP contribution in [0.3, 0.4) is 0 Å². The number of nitrogens with zero attached hydrogens (tertiary/aromatic N) is 2. The lowest BCUT2D eigenvalue weighted by Gasteiger charge is -2.32. The molecular formula is C16H19F3N2O4. The van der Waals surface area contributed by atoms with E-state index in [-0.39, 0.29) is 23.6 Å². The highest BCUT2D eigenvalue weighted by Crippen LogP contribution is 2.41. The molecule has 1 aliphatic heterocycles. The summed E-state index contributed by atoms with van der Waals surface area (Å²) in [6, 6.07) is 4.57. The molecule has 1 N–H and O–H groups in total. The number of carbonyl (C=O) groups excluding carboxylic acids is 1. The van der Waals surface area contributed by atoms with Crippen LogP contribution in [0.1, 0.15) is 25.3 Å². The second kappa shape index (κ2) is 6.91. The lowest BCUT2D eigenvalue weighted by molar-refractivity contribution is -0.302. The molecular weight excluding hydrogens is 341 g/mol. The van der Waals surface area contributed by atoms with Crippen molar-refractivity contribution >= 4 is 11.6 Å². The summed E-state index contributed by atoms with van der Waals surface area (Å²) < 4.78 is 50.0. The van der Waals surface area contributed by atoms with E-state index in [0.717, 1.165) is 0 Å². The molecule has 0 fully saturated rings. The molecule has 25 heavy (non-hydrogen) atoms. The van der Waals surface area contributed by atoms with Crippen molar-refractivity contribution in [3.8, 4) is 11.5 Å². The van der Waals surface area contributed by atoms with Gasteiger partial charge in [0.1, 0.15) is 0 Å². The van der Waals surface area contributed by atoms with E-state index >= 15 is 0 Å². The Hall–Kier alpha value is -2.29. The highest BCUT2D eigenvalue weighted by Gasteiger charge is 2.62. The van der Waals surface area contributed by atoms with E-state index < -0.39 is 24.2 Å². The number of methoxy groups -OCH3 is 2. The standard InChI is InChI=1S/C16H19F3N2O4/c1-4-11-9-15(23,16(17,18)19)21(20-11)14(22)8-10-5-6-12(24-2)13(7-10)25-3/h5-7,23H,4,8-9H2,1-3H3/t15-/m1/s1. The fraction of sp³-hybridized carbons (Fsp3) is 0.500. The van der Waals surface area contributed by atoms with Gasteiger partial charge in [-0.1, -0.05) is 13.0 Å². The van der Waals surface area contributed by atoms with Gasteiger partial charge in [-0.25, -0.2) is 0 Å². The molecule has 1 atom stereocenters. The molecule has 0 unspecified atom stereocenters. The minimum absolute atomic E-state index is 0.112. The van der Waals surface area contributed by atoms with E-state index in [1.54, 1.807) is 13.0 Å². The molecule has 1 heterocycles. The highest BCUT2D eigenvalue weighted by atomic mass is 19.4. The van der Waals surface area contributed by atoms with Crippen molar-refractivity contribution in [1.82, 2.24) is 5.01 Å². The van der Waals surface area contributed by atoms with Crippen LogP contribution in [0.15, 0.2) is 23.3 Å². The maximum atomic E-state index is 13.3. The zero-order valence-electron chi connectivity index (χ0n) is 14.1. The van der Waals surface area contributed by atoms with Gasteiger partial charge in [-0.2, -0.15) is 23.3 Å². The lowest BCUT2D eigenvalue weighted by Crippen LogP contribution is -2.57. The minimum Gasteiger partial charge on any atom is -0.493 e. The second-order valence-corrected chi connectivity index (χ2v) is 5.58. The fourth-order valence-electron chi connectivity index (χ4n) is 2.54. The Labute approximate surface area is 142 Å². The van der Waals surface area contributed by atoms with E-state index in [0.29, 0.717) is 17.1 Å². The second-order valence-electron chi connectivity index (χ2n) is 5.58. The van der Waals surface area contributed by atoms with Crippen LogP contribution in [0.5, 0.6) is 11.5 Å². The number of benzene rings is 1. The van der Waals surface area contributed by atoms with Gasteiger partial charge in [-0.15, -0.1) is 0 Å². The third-order valence-electron chi connectivity index (χ3n) is 3.94. The maximum Gasteiger partial charge on any atom is 0.438 e. The van der Waals surface area contributed by atoms with E-state index in [1.807, 2.05) is 0 Å². The number of hydrogen-bond acceptors (Lipinski definition) is 5. The Kier molecular flexibility index (Phi) is 5.26. The molecule has 0 radical (unpaired) electrons. The summed E-state index contributed by atoms with van der Waals surface area (Å²) in [7, 11) is 2.85. The normalized spacial score (nSPS) is 20.4. The van der Waals surface area contributed by atoms with Crippen molar-refractivity contribution in [2.24, 2.45) is 5.10 Å². The SMILES string of the molecule is CCC1=NN(C(=O)Cc2ccc(OC)c(OC)c2)[C@](O)(C(F)(F)F)C1. The van der Waals surface area contributed by atoms with E-state index in [4.69, 9.17) is 9.47 Å². The third-order valence-corrected chi connectivity index (χ3v) is 3.94. The monoisotopic (exact) mass is 360 g/mol. The van der Waals surface area contributed by atoms with Crippen LogP contribution in [-0.4, -0.2) is 47.9 Å². The molecule has 0 saturated heterocycles. The number of aliphatic hydroxyl groups is 1. The molecule has 1 aromatic rings. The molecule has 0 aliphatic carbocycles. The van der Waals surface area contributed by atoms with Crippen molar-refractivity contribution in [2.45, 2.75) is 38.1 Å². The first kappa shape index (κ1) is 19.0. The smallest absolute Gasteiger partial charge is 0.438 e. The van der Waals surface area contributed by atoms with E-state index in [2.05, 4.69) is 5.10 Å². The van der Waals surface area contributed by atoms with Crippen LogP contribution in [0.4, 0.5) is 13.2 Å². The summed E-state index contributed by atoms with van der Waals surface area (Å²) in [6.07, 6.45) is -5.93. The first-order chi connectivity index (χ1) is 11.7. The van der Waals surface area contributed by atoms with Gasteiger partial charge in [-0.05, 0) is 24.1 Å². The van der Waals surface area contributed by atoms with E-state index in [9.17, 15) is 23.1 Å². The summed E-state index contributed by atoms with van der Waals surface area (Å²) in [5.41, 5.74) is -2.79. The van der Waals surface area contributed by atoms with Crippen LogP contribution < -0.4 is 9.47 Å². The largest absolute Gasteiger partial charge is 0.493 e. The van der Waals surface area contributed by atoms with Gasteiger partial charge in [0.15, 0.2) is 11.5 Å². The van der Waals surface area contributed by atoms with Gasteiger partial charge in [0.05, 0.1) is 20.6 Å². The summed E-state index contributed by atoms with van der Waals surface area (Å²) in [4.78, 5) is 12.4. The number of rotatable bonds is 5. The Morgan fingerprint density at radius 2 is 1.96 bits per heavy atom. The van der Waals surface area contributed by atoms with Gasteiger partial charge < -0.3 is 14.6 Å². The van der Waals surface area contributed by atoms with Gasteiger partial charge in [0, 0.05) is 12.1 Å². The number of alkyl halides is 3. The molecule has 6 nitrogen and oxygen atoms in total. The third kappa shape index (κ3) is 3.55. The van der Waals surface area contributed by atoms with Crippen LogP contribution in [0.25, 0.3) is 0 Å². The summed E-state index contributed by atoms with van der Waals surface area (Å²) in [5.74, 6) is -0.188. The van der Waals surface area contributed by atoms with Crippen molar-refractivity contribution in [3.05, 3.63) is 23.8 Å². The van der Waals surface area contributed by atoms with Crippen LogP contribution in [0.2, 0.25) is 0 Å². The summed E-state index contributed by atoms with van der Waals surface area (Å²) in [5, 5.41) is 13.9. The minimum atomic E-state index is -5.01. The number of halogens is 3. The molecule has 138 valence electrons. The first-order valence-electron chi connectivity index (χ1n) is 7.55. The van der Waals surface area contributed by atoms with Gasteiger partial charge in [0.2, 0.25) is 5.91 Å². The van der Waals surface area contributed by atoms with Crippen molar-refractivity contribution < 1.29 is 32.5 Å². The van der Waals surface area contributed by atoms with Gasteiger partial charge >= 0.3 is 6.18 Å². The molecule has 1 aromatic carbocycles. The zero-order chi connectivity index (χ0) is 18.8. The van der Waals surface area contributed by atoms with Crippen molar-refractivity contribution in [3.63, 3.8) is 0 Å². The zero-order valence-corrected chi connectivity index (χ0v) is 14.1. The number of amides is 1. The topological polar surface area (TPSA) is 71.4 Å². The average molecular weight is 360 g/mol. The average Bonchev–Trinajstić information content (AvgIpc) is 2.93. The predicted octanol–water partition coefficient (Wildman–Crippen LogP) is 2.50. The quantitative estimate of drug-likeness (QED) is 0.876. The number of hydrogen-bond donors (Lipinski definition) is 1. The Bertz CT molecular complexity index is 690. The van der Waals surface area contributed by atoms with Crippen molar-refractivity contribution in [1.29, 1.82) is 0 Å². The molecule has 0 bridgehead atoms. The Morgan fingerprint density at radius 3 is 2.48 bits per heavy atom. The van der Waals surface area contributed by atoms with Crippen LogP contribution in [0, 0.1) is 0 Å². The first-order valence-corrected chi connectivity index (χ1v) is 7.55. The van der Waals surface area contributed by atoms with Crippen LogP contribution in [-0.2, 0) is 11.2 Å². The number of ether oxygens (including phenoxy) is 2. The molecule has 2 rings (SSSR count). The van der Waals surface area contributed by atoms with Crippen LogP contribution >= 0.6 is 0 Å². The summed E-state index contributed by atoms with van der Waals surface area (Å²) >= 11 is 0. The Morgan fingerprint density at radius 1 is 1.32 bits per heavy atom. The molecule has 0 spiro atoms. The van der Waals surface area contributed by atoms with Crippen molar-refractivity contribution in [2.75, 3.05) is 14.2 Å². The van der Waals surface area contributed by atoms with Gasteiger partial charge in [-0.3, -0.25) is 4.79 Å². The molecule has 1 amide bonds. The number of carbonyl (C=O) groups is 1. The highest BCUT2D eigenvalue weighted by molar-refractivity contribution is 5.91. The molecule has 0 saturated carbocycles. The molecule has 0 aromatic heterocycles. The molecule has 9 heteroatoms. The number of hydrazone groups is 1. The Balaban J connectivity index is 2.28. The fourth-order valence-corrected chi connectivity index (χ4v) is 2.54.